The van der Waals surface area contributed by atoms with E-state index in [0.717, 1.165) is 0 Å². The van der Waals surface area contributed by atoms with E-state index in [9.17, 15) is 9.59 Å². The van der Waals surface area contributed by atoms with Crippen molar-refractivity contribution < 1.29 is 19.4 Å². The third-order valence-electron chi connectivity index (χ3n) is 0.559. The minimum atomic E-state index is -1.19. The highest BCUT2D eigenvalue weighted by molar-refractivity contribution is 5.90. The molecule has 0 aliphatic carbocycles. The Morgan fingerprint density at radius 3 is 2.44 bits per heavy atom. The maximum absolute atomic E-state index is 10.2. The van der Waals surface area contributed by atoms with E-state index < -0.39 is 18.4 Å². The average Bonchev–Trinajstić information content (AvgIpc) is 1.63. The molecule has 0 aliphatic heterocycles. The standard InChI is InChI=1S/C5H7O4/c1-2-9-5(8)3-4(6)7/h1-3H2,(H,6,7). The Bertz CT molecular complexity index is 118. The highest BCUT2D eigenvalue weighted by Crippen LogP contribution is 1.84. The van der Waals surface area contributed by atoms with E-state index in [1.165, 1.54) is 0 Å². The van der Waals surface area contributed by atoms with Crippen molar-refractivity contribution in [3.63, 3.8) is 0 Å². The fourth-order valence-electron chi connectivity index (χ4n) is 0.288. The molecule has 0 rings (SSSR count). The van der Waals surface area contributed by atoms with Gasteiger partial charge in [0.1, 0.15) is 6.42 Å². The van der Waals surface area contributed by atoms with E-state index in [4.69, 9.17) is 5.11 Å². The lowest BCUT2D eigenvalue weighted by Gasteiger charge is -1.95. The zero-order valence-electron chi connectivity index (χ0n) is 4.79. The first-order valence-corrected chi connectivity index (χ1v) is 2.33. The van der Waals surface area contributed by atoms with Gasteiger partial charge < -0.3 is 9.84 Å². The molecule has 0 atom stereocenters. The maximum Gasteiger partial charge on any atom is 0.317 e. The fraction of sp³-hybridized carbons (Fsp3) is 0.400. The first-order chi connectivity index (χ1) is 4.16. The van der Waals surface area contributed by atoms with Crippen LogP contribution in [0.5, 0.6) is 0 Å². The SMILES string of the molecule is [CH2]COC(=O)CC(=O)O. The van der Waals surface area contributed by atoms with Gasteiger partial charge in [0.2, 0.25) is 0 Å². The van der Waals surface area contributed by atoms with Crippen LogP contribution in [-0.4, -0.2) is 23.7 Å². The lowest BCUT2D eigenvalue weighted by molar-refractivity contribution is -0.150. The second-order valence-electron chi connectivity index (χ2n) is 1.29. The summed E-state index contributed by atoms with van der Waals surface area (Å²) in [5.41, 5.74) is 0. The highest BCUT2D eigenvalue weighted by atomic mass is 16.5. The van der Waals surface area contributed by atoms with Crippen molar-refractivity contribution >= 4 is 11.9 Å². The Labute approximate surface area is 52.4 Å². The van der Waals surface area contributed by atoms with Crippen molar-refractivity contribution in [3.05, 3.63) is 6.92 Å². The summed E-state index contributed by atoms with van der Waals surface area (Å²) in [6, 6.07) is 0. The lowest BCUT2D eigenvalue weighted by Crippen LogP contribution is -2.09. The van der Waals surface area contributed by atoms with E-state index >= 15 is 0 Å². The average molecular weight is 131 g/mol. The van der Waals surface area contributed by atoms with Crippen molar-refractivity contribution in [2.45, 2.75) is 6.42 Å². The molecule has 0 aliphatic rings. The number of ether oxygens (including phenoxy) is 1. The van der Waals surface area contributed by atoms with Crippen LogP contribution >= 0.6 is 0 Å². The van der Waals surface area contributed by atoms with E-state index in [1.54, 1.807) is 0 Å². The molecule has 4 nitrogen and oxygen atoms in total. The molecule has 0 spiro atoms. The van der Waals surface area contributed by atoms with Crippen molar-refractivity contribution in [3.8, 4) is 0 Å². The van der Waals surface area contributed by atoms with Crippen molar-refractivity contribution in [2.24, 2.45) is 0 Å². The summed E-state index contributed by atoms with van der Waals surface area (Å²) in [4.78, 5) is 20.0. The Kier molecular flexibility index (Phi) is 3.43. The van der Waals surface area contributed by atoms with Gasteiger partial charge in [0, 0.05) is 0 Å². The number of rotatable bonds is 3. The topological polar surface area (TPSA) is 63.6 Å². The van der Waals surface area contributed by atoms with E-state index in [1.807, 2.05) is 0 Å². The monoisotopic (exact) mass is 131 g/mol. The Morgan fingerprint density at radius 1 is 1.56 bits per heavy atom. The molecular formula is C5H7O4. The van der Waals surface area contributed by atoms with Gasteiger partial charge in [-0.15, -0.1) is 0 Å². The molecule has 1 radical (unpaired) electrons. The molecule has 0 saturated heterocycles. The molecule has 0 bridgehead atoms. The summed E-state index contributed by atoms with van der Waals surface area (Å²) in [6.07, 6.45) is -0.588. The van der Waals surface area contributed by atoms with Gasteiger partial charge in [-0.25, -0.2) is 0 Å². The second-order valence-corrected chi connectivity index (χ2v) is 1.29. The van der Waals surface area contributed by atoms with Gasteiger partial charge >= 0.3 is 11.9 Å². The van der Waals surface area contributed by atoms with Crippen LogP contribution in [0.25, 0.3) is 0 Å². The van der Waals surface area contributed by atoms with Crippen molar-refractivity contribution in [2.75, 3.05) is 6.61 Å². The van der Waals surface area contributed by atoms with E-state index in [2.05, 4.69) is 11.7 Å². The smallest absolute Gasteiger partial charge is 0.317 e. The maximum atomic E-state index is 10.2. The highest BCUT2D eigenvalue weighted by Gasteiger charge is 2.06. The summed E-state index contributed by atoms with van der Waals surface area (Å²) in [5, 5.41) is 7.99. The number of carbonyl (C=O) groups is 2. The molecule has 0 fully saturated rings. The molecule has 0 aromatic rings. The van der Waals surface area contributed by atoms with Gasteiger partial charge in [-0.2, -0.15) is 0 Å². The molecular weight excluding hydrogens is 124 g/mol. The van der Waals surface area contributed by atoms with E-state index in [-0.39, 0.29) is 6.61 Å². The second kappa shape index (κ2) is 3.88. The first kappa shape index (κ1) is 7.94. The van der Waals surface area contributed by atoms with Gasteiger partial charge in [0.05, 0.1) is 6.61 Å². The number of hydrogen-bond acceptors (Lipinski definition) is 3. The van der Waals surface area contributed by atoms with Gasteiger partial charge in [-0.1, -0.05) is 0 Å². The number of carboxylic acid groups (broad SMARTS) is 1. The molecule has 0 unspecified atom stereocenters. The molecule has 1 N–H and O–H groups in total. The predicted molar refractivity (Wildman–Crippen MR) is 28.6 cm³/mol. The van der Waals surface area contributed by atoms with E-state index in [0.29, 0.717) is 0 Å². The Morgan fingerprint density at radius 2 is 2.11 bits per heavy atom. The third-order valence-corrected chi connectivity index (χ3v) is 0.559. The summed E-state index contributed by atoms with van der Waals surface area (Å²) in [7, 11) is 0. The molecule has 0 amide bonds. The number of carboxylic acids is 1. The molecule has 0 heterocycles. The summed E-state index contributed by atoms with van der Waals surface area (Å²) in [6.45, 7) is 3.18. The number of esters is 1. The number of aliphatic carboxylic acids is 1. The quantitative estimate of drug-likeness (QED) is 0.427. The van der Waals surface area contributed by atoms with Gasteiger partial charge in [-0.3, -0.25) is 9.59 Å². The molecule has 0 aromatic carbocycles. The Hall–Kier alpha value is -1.06. The van der Waals surface area contributed by atoms with Gasteiger partial charge in [0.15, 0.2) is 0 Å². The summed E-state index contributed by atoms with van der Waals surface area (Å²) >= 11 is 0. The minimum absolute atomic E-state index is 0.0217. The van der Waals surface area contributed by atoms with Gasteiger partial charge in [-0.05, 0) is 6.92 Å². The molecule has 51 valence electrons. The number of hydrogen-bond donors (Lipinski definition) is 1. The first-order valence-electron chi connectivity index (χ1n) is 2.33. The lowest BCUT2D eigenvalue weighted by atomic mass is 10.4. The summed E-state index contributed by atoms with van der Waals surface area (Å²) < 4.78 is 4.22. The van der Waals surface area contributed by atoms with Crippen LogP contribution in [0, 0.1) is 6.92 Å². The van der Waals surface area contributed by atoms with Crippen LogP contribution in [-0.2, 0) is 14.3 Å². The van der Waals surface area contributed by atoms with Crippen LogP contribution in [0.15, 0.2) is 0 Å². The minimum Gasteiger partial charge on any atom is -0.481 e. The van der Waals surface area contributed by atoms with Crippen LogP contribution in [0.4, 0.5) is 0 Å². The normalized spacial score (nSPS) is 8.56. The zero-order chi connectivity index (χ0) is 7.28. The molecule has 0 aromatic heterocycles. The van der Waals surface area contributed by atoms with Crippen LogP contribution in [0.1, 0.15) is 6.42 Å². The largest absolute Gasteiger partial charge is 0.481 e. The van der Waals surface area contributed by atoms with Crippen LogP contribution < -0.4 is 0 Å². The van der Waals surface area contributed by atoms with Crippen LogP contribution in [0.3, 0.4) is 0 Å². The molecule has 0 saturated carbocycles. The fourth-order valence-corrected chi connectivity index (χ4v) is 0.288. The van der Waals surface area contributed by atoms with Crippen molar-refractivity contribution in [1.82, 2.24) is 0 Å². The third kappa shape index (κ3) is 4.80. The predicted octanol–water partition coefficient (Wildman–Crippen LogP) is -0.162. The molecule has 4 heteroatoms. The number of carbonyl (C=O) groups excluding carboxylic acids is 1. The Balaban J connectivity index is 3.39. The molecule has 9 heavy (non-hydrogen) atoms. The summed E-state index contributed by atoms with van der Waals surface area (Å²) in [5.74, 6) is -1.94. The van der Waals surface area contributed by atoms with Crippen LogP contribution in [0.2, 0.25) is 0 Å². The van der Waals surface area contributed by atoms with Gasteiger partial charge in [0.25, 0.3) is 0 Å². The zero-order valence-corrected chi connectivity index (χ0v) is 4.79. The van der Waals surface area contributed by atoms with Crippen molar-refractivity contribution in [1.29, 1.82) is 0 Å².